The number of nitrogen functional groups attached to an aromatic ring is 1. The van der Waals surface area contributed by atoms with E-state index in [4.69, 9.17) is 22.4 Å². The lowest BCUT2D eigenvalue weighted by Gasteiger charge is -2.02. The minimum atomic E-state index is -0.0180. The van der Waals surface area contributed by atoms with Crippen LogP contribution >= 0.6 is 22.9 Å². The topological polar surface area (TPSA) is 46.2 Å². The average molecular weight is 228 g/mol. The van der Waals surface area contributed by atoms with E-state index in [1.807, 2.05) is 18.2 Å². The Morgan fingerprint density at radius 1 is 1.43 bits per heavy atom. The minimum absolute atomic E-state index is 0.0180. The second-order valence-electron chi connectivity index (χ2n) is 3.06. The molecule has 0 aliphatic carbocycles. The van der Waals surface area contributed by atoms with Crippen molar-refractivity contribution in [2.45, 2.75) is 12.5 Å². The maximum absolute atomic E-state index is 9.04. The fraction of sp³-hybridized carbons (Fsp3) is 0.200. The predicted molar refractivity (Wildman–Crippen MR) is 61.7 cm³/mol. The number of benzene rings is 1. The van der Waals surface area contributed by atoms with Crippen LogP contribution in [0.15, 0.2) is 18.2 Å². The van der Waals surface area contributed by atoms with Gasteiger partial charge in [-0.15, -0.1) is 22.9 Å². The van der Waals surface area contributed by atoms with Crippen molar-refractivity contribution < 1.29 is 5.11 Å². The molecule has 4 heteroatoms. The highest BCUT2D eigenvalue weighted by Crippen LogP contribution is 2.33. The van der Waals surface area contributed by atoms with E-state index in [9.17, 15) is 0 Å². The number of alkyl halides is 1. The van der Waals surface area contributed by atoms with E-state index in [0.29, 0.717) is 11.6 Å². The zero-order valence-corrected chi connectivity index (χ0v) is 9.03. The van der Waals surface area contributed by atoms with Gasteiger partial charge in [0.05, 0.1) is 22.9 Å². The zero-order chi connectivity index (χ0) is 10.1. The van der Waals surface area contributed by atoms with E-state index in [0.717, 1.165) is 20.5 Å². The third kappa shape index (κ3) is 1.47. The summed E-state index contributed by atoms with van der Waals surface area (Å²) in [6.45, 7) is -0.0180. The van der Waals surface area contributed by atoms with Crippen molar-refractivity contribution >= 4 is 38.7 Å². The first-order valence-corrected chi connectivity index (χ1v) is 5.58. The molecule has 2 rings (SSSR count). The number of nitrogens with two attached hydrogens (primary N) is 1. The highest BCUT2D eigenvalue weighted by atomic mass is 35.5. The molecule has 1 aromatic carbocycles. The van der Waals surface area contributed by atoms with Gasteiger partial charge in [-0.2, -0.15) is 0 Å². The van der Waals surface area contributed by atoms with Crippen molar-refractivity contribution in [1.29, 1.82) is 0 Å². The second-order valence-corrected chi connectivity index (χ2v) is 4.47. The molecule has 1 heterocycles. The van der Waals surface area contributed by atoms with Crippen LogP contribution in [-0.2, 0) is 12.5 Å². The fourth-order valence-corrected chi connectivity index (χ4v) is 2.65. The molecule has 0 amide bonds. The van der Waals surface area contributed by atoms with Crippen LogP contribution in [0.4, 0.5) is 5.69 Å². The lowest BCUT2D eigenvalue weighted by Crippen LogP contribution is -1.93. The SMILES string of the molecule is Nc1c(CO)ccc2cc(CCl)sc12. The van der Waals surface area contributed by atoms with Gasteiger partial charge in [-0.05, 0) is 11.5 Å². The van der Waals surface area contributed by atoms with E-state index in [1.54, 1.807) is 11.3 Å². The van der Waals surface area contributed by atoms with Crippen LogP contribution in [0.3, 0.4) is 0 Å². The van der Waals surface area contributed by atoms with Gasteiger partial charge in [-0.1, -0.05) is 12.1 Å². The molecule has 0 saturated carbocycles. The van der Waals surface area contributed by atoms with Gasteiger partial charge < -0.3 is 10.8 Å². The number of hydrogen-bond acceptors (Lipinski definition) is 3. The lowest BCUT2D eigenvalue weighted by atomic mass is 10.1. The smallest absolute Gasteiger partial charge is 0.0702 e. The molecule has 2 nitrogen and oxygen atoms in total. The van der Waals surface area contributed by atoms with E-state index in [1.165, 1.54) is 0 Å². The third-order valence-electron chi connectivity index (χ3n) is 2.17. The lowest BCUT2D eigenvalue weighted by molar-refractivity contribution is 0.282. The van der Waals surface area contributed by atoms with Gasteiger partial charge in [-0.25, -0.2) is 0 Å². The van der Waals surface area contributed by atoms with Crippen LogP contribution in [0.25, 0.3) is 10.1 Å². The molecule has 0 aliphatic heterocycles. The number of halogens is 1. The van der Waals surface area contributed by atoms with Crippen molar-refractivity contribution in [2.75, 3.05) is 5.73 Å². The molecule has 14 heavy (non-hydrogen) atoms. The fourth-order valence-electron chi connectivity index (χ4n) is 1.42. The molecule has 0 bridgehead atoms. The Morgan fingerprint density at radius 3 is 2.86 bits per heavy atom. The molecule has 0 aliphatic rings. The van der Waals surface area contributed by atoms with Crippen LogP contribution in [0, 0.1) is 0 Å². The molecule has 3 N–H and O–H groups in total. The van der Waals surface area contributed by atoms with Crippen molar-refractivity contribution in [1.82, 2.24) is 0 Å². The van der Waals surface area contributed by atoms with Crippen molar-refractivity contribution in [3.63, 3.8) is 0 Å². The summed E-state index contributed by atoms with van der Waals surface area (Å²) < 4.78 is 1.02. The Hall–Kier alpha value is -0.770. The number of aliphatic hydroxyl groups excluding tert-OH is 1. The molecular weight excluding hydrogens is 218 g/mol. The Labute approximate surface area is 90.9 Å². The van der Waals surface area contributed by atoms with Crippen LogP contribution < -0.4 is 5.73 Å². The summed E-state index contributed by atoms with van der Waals surface area (Å²) in [7, 11) is 0. The first-order valence-electron chi connectivity index (χ1n) is 4.23. The molecule has 2 aromatic rings. The Bertz CT molecular complexity index is 466. The van der Waals surface area contributed by atoms with Gasteiger partial charge in [-0.3, -0.25) is 0 Å². The van der Waals surface area contributed by atoms with Gasteiger partial charge >= 0.3 is 0 Å². The molecule has 74 valence electrons. The number of fused-ring (bicyclic) bond motifs is 1. The summed E-state index contributed by atoms with van der Waals surface area (Å²) in [5.41, 5.74) is 7.36. The van der Waals surface area contributed by atoms with Gasteiger partial charge in [0.25, 0.3) is 0 Å². The first kappa shape index (κ1) is 9.77. The zero-order valence-electron chi connectivity index (χ0n) is 7.46. The van der Waals surface area contributed by atoms with Crippen LogP contribution in [-0.4, -0.2) is 5.11 Å². The predicted octanol–water partition coefficient (Wildman–Crippen LogP) is 2.71. The summed E-state index contributed by atoms with van der Waals surface area (Å²) >= 11 is 7.33. The van der Waals surface area contributed by atoms with Crippen molar-refractivity contribution in [3.05, 3.63) is 28.6 Å². The summed E-state index contributed by atoms with van der Waals surface area (Å²) in [4.78, 5) is 1.10. The van der Waals surface area contributed by atoms with Gasteiger partial charge in [0.1, 0.15) is 0 Å². The monoisotopic (exact) mass is 227 g/mol. The molecular formula is C10H10ClNOS. The number of anilines is 1. The standard InChI is InChI=1S/C10H10ClNOS/c11-4-8-3-6-1-2-7(5-13)9(12)10(6)14-8/h1-3,13H,4-5,12H2. The number of hydrogen-bond donors (Lipinski definition) is 2. The molecule has 0 fully saturated rings. The molecule has 1 aromatic heterocycles. The number of aliphatic hydroxyl groups is 1. The summed E-state index contributed by atoms with van der Waals surface area (Å²) in [6.07, 6.45) is 0. The molecule has 0 spiro atoms. The maximum Gasteiger partial charge on any atom is 0.0702 e. The Kier molecular flexibility index (Phi) is 2.63. The number of rotatable bonds is 2. The quantitative estimate of drug-likeness (QED) is 0.612. The summed E-state index contributed by atoms with van der Waals surface area (Å²) in [6, 6.07) is 5.84. The van der Waals surface area contributed by atoms with Crippen LogP contribution in [0.5, 0.6) is 0 Å². The van der Waals surface area contributed by atoms with Crippen molar-refractivity contribution in [2.24, 2.45) is 0 Å². The molecule has 0 saturated heterocycles. The maximum atomic E-state index is 9.04. The summed E-state index contributed by atoms with van der Waals surface area (Å²) in [5.74, 6) is 0.507. The Morgan fingerprint density at radius 2 is 2.21 bits per heavy atom. The highest BCUT2D eigenvalue weighted by Gasteiger charge is 2.07. The van der Waals surface area contributed by atoms with Crippen LogP contribution in [0.1, 0.15) is 10.4 Å². The van der Waals surface area contributed by atoms with Gasteiger partial charge in [0.15, 0.2) is 0 Å². The second kappa shape index (κ2) is 3.77. The number of thiophene rings is 1. The van der Waals surface area contributed by atoms with E-state index >= 15 is 0 Å². The largest absolute Gasteiger partial charge is 0.397 e. The Balaban J connectivity index is 2.68. The average Bonchev–Trinajstić information content (AvgIpc) is 2.62. The van der Waals surface area contributed by atoms with E-state index in [-0.39, 0.29) is 6.61 Å². The minimum Gasteiger partial charge on any atom is -0.397 e. The van der Waals surface area contributed by atoms with E-state index < -0.39 is 0 Å². The molecule has 0 atom stereocenters. The molecule has 0 unspecified atom stereocenters. The van der Waals surface area contributed by atoms with E-state index in [2.05, 4.69) is 0 Å². The highest BCUT2D eigenvalue weighted by molar-refractivity contribution is 7.19. The first-order chi connectivity index (χ1) is 6.76. The summed E-state index contributed by atoms with van der Waals surface area (Å²) in [5, 5.41) is 10.1. The van der Waals surface area contributed by atoms with Crippen molar-refractivity contribution in [3.8, 4) is 0 Å². The van der Waals surface area contributed by atoms with Gasteiger partial charge in [0.2, 0.25) is 0 Å². The normalized spacial score (nSPS) is 11.0. The third-order valence-corrected chi connectivity index (χ3v) is 3.80. The van der Waals surface area contributed by atoms with Crippen LogP contribution in [0.2, 0.25) is 0 Å². The molecule has 0 radical (unpaired) electrons. The van der Waals surface area contributed by atoms with Gasteiger partial charge in [0, 0.05) is 10.4 Å².